The molecule has 0 bridgehead atoms. The molecule has 9 heteroatoms. The molecule has 0 saturated carbocycles. The zero-order chi connectivity index (χ0) is 20.1. The van der Waals surface area contributed by atoms with Crippen LogP contribution >= 0.6 is 11.8 Å². The number of amides is 1. The number of nitrogens with one attached hydrogen (secondary N) is 1. The van der Waals surface area contributed by atoms with E-state index in [2.05, 4.69) is 15.3 Å². The second kappa shape index (κ2) is 8.92. The quantitative estimate of drug-likeness (QED) is 0.428. The van der Waals surface area contributed by atoms with Gasteiger partial charge in [0.25, 0.3) is 5.91 Å². The summed E-state index contributed by atoms with van der Waals surface area (Å²) in [6.07, 6.45) is 2.54. The fourth-order valence-electron chi connectivity index (χ4n) is 2.78. The van der Waals surface area contributed by atoms with E-state index in [9.17, 15) is 9.59 Å². The van der Waals surface area contributed by atoms with Crippen molar-refractivity contribution in [3.05, 3.63) is 35.2 Å². The maximum Gasteiger partial charge on any atom is 0.306 e. The van der Waals surface area contributed by atoms with Crippen LogP contribution in [-0.2, 0) is 20.7 Å². The number of anilines is 1. The Labute approximate surface area is 167 Å². The van der Waals surface area contributed by atoms with Gasteiger partial charge in [-0.25, -0.2) is 9.97 Å². The fourth-order valence-corrected chi connectivity index (χ4v) is 3.23. The van der Waals surface area contributed by atoms with Gasteiger partial charge in [0.05, 0.1) is 0 Å². The smallest absolute Gasteiger partial charge is 0.306 e. The van der Waals surface area contributed by atoms with Crippen molar-refractivity contribution < 1.29 is 23.8 Å². The van der Waals surface area contributed by atoms with Crippen LogP contribution in [0.3, 0.4) is 0 Å². The Morgan fingerprint density at radius 2 is 1.89 bits per heavy atom. The lowest BCUT2D eigenvalue weighted by molar-refractivity contribution is -0.147. The molecule has 1 aliphatic heterocycles. The fraction of sp³-hybridized carbons (Fsp3) is 0.368. The number of carbonyl (C=O) groups is 2. The molecule has 148 valence electrons. The van der Waals surface area contributed by atoms with E-state index in [4.69, 9.17) is 14.2 Å². The van der Waals surface area contributed by atoms with Crippen LogP contribution in [-0.4, -0.2) is 41.5 Å². The third-order valence-corrected chi connectivity index (χ3v) is 4.73. The molecular weight excluding hydrogens is 382 g/mol. The predicted molar refractivity (Wildman–Crippen MR) is 104 cm³/mol. The van der Waals surface area contributed by atoms with Crippen LogP contribution in [0.25, 0.3) is 0 Å². The summed E-state index contributed by atoms with van der Waals surface area (Å²) in [5, 5.41) is 3.37. The molecule has 1 aliphatic rings. The van der Waals surface area contributed by atoms with Gasteiger partial charge >= 0.3 is 5.97 Å². The highest BCUT2D eigenvalue weighted by Crippen LogP contribution is 2.34. The van der Waals surface area contributed by atoms with Crippen molar-refractivity contribution in [2.75, 3.05) is 25.0 Å². The van der Waals surface area contributed by atoms with E-state index in [1.54, 1.807) is 18.2 Å². The highest BCUT2D eigenvalue weighted by Gasteiger charge is 2.15. The van der Waals surface area contributed by atoms with Gasteiger partial charge < -0.3 is 19.5 Å². The molecule has 0 atom stereocenters. The standard InChI is InChI=1S/C19H21N3O5S/c1-11-14(12(2)21-19(20-11)28-3)5-7-18(24)25-9-17(23)22-13-4-6-15-16(8-13)27-10-26-15/h4,6,8H,5,7,9-10H2,1-3H3,(H,22,23). The first kappa shape index (κ1) is 19.9. The summed E-state index contributed by atoms with van der Waals surface area (Å²) in [4.78, 5) is 32.8. The Balaban J connectivity index is 1.46. The third-order valence-electron chi connectivity index (χ3n) is 4.18. The number of thioether (sulfide) groups is 1. The number of carbonyl (C=O) groups excluding carboxylic acids is 2. The van der Waals surface area contributed by atoms with Gasteiger partial charge in [0.2, 0.25) is 6.79 Å². The second-order valence-electron chi connectivity index (χ2n) is 6.14. The normalized spacial score (nSPS) is 12.0. The van der Waals surface area contributed by atoms with Gasteiger partial charge in [-0.15, -0.1) is 0 Å². The average molecular weight is 403 g/mol. The van der Waals surface area contributed by atoms with Crippen LogP contribution in [0.1, 0.15) is 23.4 Å². The summed E-state index contributed by atoms with van der Waals surface area (Å²) < 4.78 is 15.5. The van der Waals surface area contributed by atoms with Crippen LogP contribution in [0.15, 0.2) is 23.4 Å². The first-order valence-corrected chi connectivity index (χ1v) is 9.92. The number of fused-ring (bicyclic) bond motifs is 1. The predicted octanol–water partition coefficient (Wildman–Crippen LogP) is 2.66. The molecule has 8 nitrogen and oxygen atoms in total. The third kappa shape index (κ3) is 4.92. The van der Waals surface area contributed by atoms with E-state index < -0.39 is 11.9 Å². The summed E-state index contributed by atoms with van der Waals surface area (Å²) in [6, 6.07) is 5.06. The number of rotatable bonds is 7. The molecule has 3 rings (SSSR count). The van der Waals surface area contributed by atoms with Crippen molar-refractivity contribution in [2.24, 2.45) is 0 Å². The lowest BCUT2D eigenvalue weighted by Crippen LogP contribution is -2.21. The molecule has 1 aromatic carbocycles. The van der Waals surface area contributed by atoms with Gasteiger partial charge in [-0.05, 0) is 44.2 Å². The lowest BCUT2D eigenvalue weighted by Gasteiger charge is -2.10. The van der Waals surface area contributed by atoms with Crippen molar-refractivity contribution >= 4 is 29.3 Å². The van der Waals surface area contributed by atoms with E-state index in [0.717, 1.165) is 17.0 Å². The van der Waals surface area contributed by atoms with Gasteiger partial charge in [-0.2, -0.15) is 0 Å². The SMILES string of the molecule is CSc1nc(C)c(CCC(=O)OCC(=O)Nc2ccc3c(c2)OCO3)c(C)n1. The van der Waals surface area contributed by atoms with Crippen LogP contribution < -0.4 is 14.8 Å². The summed E-state index contributed by atoms with van der Waals surface area (Å²) in [7, 11) is 0. The Hall–Kier alpha value is -2.81. The van der Waals surface area contributed by atoms with Crippen LogP contribution in [0, 0.1) is 13.8 Å². The Bertz CT molecular complexity index is 880. The first-order chi connectivity index (χ1) is 13.5. The Morgan fingerprint density at radius 1 is 1.18 bits per heavy atom. The highest BCUT2D eigenvalue weighted by atomic mass is 32.2. The molecule has 1 N–H and O–H groups in total. The van der Waals surface area contributed by atoms with Crippen molar-refractivity contribution in [2.45, 2.75) is 31.8 Å². The van der Waals surface area contributed by atoms with E-state index in [1.807, 2.05) is 20.1 Å². The van der Waals surface area contributed by atoms with Gasteiger partial charge in [-0.3, -0.25) is 9.59 Å². The second-order valence-corrected chi connectivity index (χ2v) is 6.91. The molecule has 0 fully saturated rings. The van der Waals surface area contributed by atoms with Crippen molar-refractivity contribution in [3.8, 4) is 11.5 Å². The maximum absolute atomic E-state index is 12.0. The monoisotopic (exact) mass is 403 g/mol. The van der Waals surface area contributed by atoms with Crippen LogP contribution in [0.5, 0.6) is 11.5 Å². The minimum Gasteiger partial charge on any atom is -0.456 e. The van der Waals surface area contributed by atoms with E-state index in [0.29, 0.717) is 28.8 Å². The number of nitrogens with zero attached hydrogens (tertiary/aromatic N) is 2. The first-order valence-electron chi connectivity index (χ1n) is 8.69. The minimum absolute atomic E-state index is 0.154. The zero-order valence-electron chi connectivity index (χ0n) is 15.9. The molecule has 2 aromatic rings. The van der Waals surface area contributed by atoms with E-state index in [-0.39, 0.29) is 19.8 Å². The summed E-state index contributed by atoms with van der Waals surface area (Å²) in [5.74, 6) is 0.320. The number of aryl methyl sites for hydroxylation is 2. The molecule has 1 amide bonds. The topological polar surface area (TPSA) is 99.6 Å². The summed E-state index contributed by atoms with van der Waals surface area (Å²) >= 11 is 1.48. The number of hydrogen-bond acceptors (Lipinski definition) is 8. The van der Waals surface area contributed by atoms with Crippen molar-refractivity contribution in [3.63, 3.8) is 0 Å². The van der Waals surface area contributed by atoms with E-state index in [1.165, 1.54) is 11.8 Å². The Morgan fingerprint density at radius 3 is 2.61 bits per heavy atom. The summed E-state index contributed by atoms with van der Waals surface area (Å²) in [6.45, 7) is 3.60. The minimum atomic E-state index is -0.450. The van der Waals surface area contributed by atoms with Gasteiger partial charge in [-0.1, -0.05) is 11.8 Å². The van der Waals surface area contributed by atoms with Gasteiger partial charge in [0.1, 0.15) is 0 Å². The zero-order valence-corrected chi connectivity index (χ0v) is 16.7. The number of benzene rings is 1. The summed E-state index contributed by atoms with van der Waals surface area (Å²) in [5.41, 5.74) is 3.18. The molecule has 0 aliphatic carbocycles. The molecule has 28 heavy (non-hydrogen) atoms. The number of esters is 1. The van der Waals surface area contributed by atoms with Crippen molar-refractivity contribution in [1.29, 1.82) is 0 Å². The Kier molecular flexibility index (Phi) is 6.35. The molecule has 0 unspecified atom stereocenters. The molecule has 0 radical (unpaired) electrons. The molecular formula is C19H21N3O5S. The van der Waals surface area contributed by atoms with Crippen LogP contribution in [0.4, 0.5) is 5.69 Å². The van der Waals surface area contributed by atoms with Crippen molar-refractivity contribution in [1.82, 2.24) is 9.97 Å². The van der Waals surface area contributed by atoms with E-state index >= 15 is 0 Å². The molecule has 2 heterocycles. The van der Waals surface area contributed by atoms with Gasteiger partial charge in [0, 0.05) is 29.6 Å². The number of ether oxygens (including phenoxy) is 3. The number of hydrogen-bond donors (Lipinski definition) is 1. The lowest BCUT2D eigenvalue weighted by atomic mass is 10.1. The van der Waals surface area contributed by atoms with Gasteiger partial charge in [0.15, 0.2) is 23.3 Å². The van der Waals surface area contributed by atoms with Crippen LogP contribution in [0.2, 0.25) is 0 Å². The highest BCUT2D eigenvalue weighted by molar-refractivity contribution is 7.98. The average Bonchev–Trinajstić information content (AvgIpc) is 3.13. The molecule has 0 spiro atoms. The maximum atomic E-state index is 12.0. The molecule has 1 aromatic heterocycles. The number of aromatic nitrogens is 2. The largest absolute Gasteiger partial charge is 0.456 e. The molecule has 0 saturated heterocycles.